The van der Waals surface area contributed by atoms with Gasteiger partial charge in [0.05, 0.1) is 11.0 Å². The normalized spacial score (nSPS) is 23.4. The van der Waals surface area contributed by atoms with E-state index in [0.717, 1.165) is 22.8 Å². The monoisotopic (exact) mass is 324 g/mol. The Kier molecular flexibility index (Phi) is 4.75. The van der Waals surface area contributed by atoms with Gasteiger partial charge in [0, 0.05) is 23.4 Å². The quantitative estimate of drug-likeness (QED) is 0.529. The maximum Gasteiger partial charge on any atom is 0.111 e. The molecular formula is C17H22Cl2N2. The van der Waals surface area contributed by atoms with Crippen LogP contribution in [-0.4, -0.2) is 15.4 Å². The van der Waals surface area contributed by atoms with Crippen LogP contribution in [0, 0.1) is 5.92 Å². The van der Waals surface area contributed by atoms with Crippen molar-refractivity contribution in [2.24, 2.45) is 5.92 Å². The number of imidazole rings is 1. The topological polar surface area (TPSA) is 17.8 Å². The zero-order valence-corrected chi connectivity index (χ0v) is 14.0. The zero-order chi connectivity index (χ0) is 14.8. The second-order valence-corrected chi connectivity index (χ2v) is 6.97. The predicted molar refractivity (Wildman–Crippen MR) is 90.5 cm³/mol. The molecule has 0 saturated heterocycles. The number of halogens is 2. The summed E-state index contributed by atoms with van der Waals surface area (Å²) in [7, 11) is 0. The number of hydrogen-bond donors (Lipinski definition) is 0. The standard InChI is InChI=1S/C17H22Cl2N2/c1-12-5-3-2-4-6-15(12)21-16-11-13(19)7-8-14(16)20-17(21)9-10-18/h7-8,11-12,15H,2-6,9-10H2,1H3. The third-order valence-corrected chi connectivity index (χ3v) is 5.11. The molecule has 114 valence electrons. The van der Waals surface area contributed by atoms with Crippen LogP contribution in [0.2, 0.25) is 5.02 Å². The first kappa shape index (κ1) is 15.2. The SMILES string of the molecule is CC1CCCCCC1n1c(CCCl)nc2ccc(Cl)cc21. The molecule has 21 heavy (non-hydrogen) atoms. The predicted octanol–water partition coefficient (Wildman–Crippen LogP) is 5.61. The minimum absolute atomic E-state index is 0.522. The van der Waals surface area contributed by atoms with E-state index in [2.05, 4.69) is 17.6 Å². The lowest BCUT2D eigenvalue weighted by atomic mass is 9.96. The molecule has 2 atom stereocenters. The summed E-state index contributed by atoms with van der Waals surface area (Å²) in [5.74, 6) is 2.40. The summed E-state index contributed by atoms with van der Waals surface area (Å²) < 4.78 is 2.43. The van der Waals surface area contributed by atoms with Crippen molar-refractivity contribution in [3.63, 3.8) is 0 Å². The van der Waals surface area contributed by atoms with Crippen molar-refractivity contribution in [1.29, 1.82) is 0 Å². The first-order valence-electron chi connectivity index (χ1n) is 7.93. The Labute approximate surface area is 136 Å². The van der Waals surface area contributed by atoms with E-state index in [1.54, 1.807) is 0 Å². The Morgan fingerprint density at radius 1 is 1.24 bits per heavy atom. The Bertz CT molecular complexity index is 621. The van der Waals surface area contributed by atoms with Gasteiger partial charge < -0.3 is 4.57 Å². The smallest absolute Gasteiger partial charge is 0.111 e. The Morgan fingerprint density at radius 3 is 2.86 bits per heavy atom. The van der Waals surface area contributed by atoms with Crippen LogP contribution in [0.15, 0.2) is 18.2 Å². The molecule has 1 aromatic carbocycles. The summed E-state index contributed by atoms with van der Waals surface area (Å²) >= 11 is 12.2. The fraction of sp³-hybridized carbons (Fsp3) is 0.588. The summed E-state index contributed by atoms with van der Waals surface area (Å²) in [6.07, 6.45) is 7.33. The van der Waals surface area contributed by atoms with E-state index < -0.39 is 0 Å². The van der Waals surface area contributed by atoms with Crippen LogP contribution in [0.3, 0.4) is 0 Å². The third kappa shape index (κ3) is 3.07. The molecule has 1 aliphatic rings. The molecule has 0 N–H and O–H groups in total. The summed E-state index contributed by atoms with van der Waals surface area (Å²) in [4.78, 5) is 4.80. The molecule has 1 heterocycles. The van der Waals surface area contributed by atoms with E-state index in [9.17, 15) is 0 Å². The lowest BCUT2D eigenvalue weighted by Crippen LogP contribution is -2.19. The van der Waals surface area contributed by atoms with Gasteiger partial charge in [-0.1, -0.05) is 37.8 Å². The molecule has 1 saturated carbocycles. The number of aromatic nitrogens is 2. The highest BCUT2D eigenvalue weighted by Gasteiger charge is 2.25. The molecule has 1 fully saturated rings. The summed E-state index contributed by atoms with van der Waals surface area (Å²) in [6, 6.07) is 6.52. The highest BCUT2D eigenvalue weighted by atomic mass is 35.5. The largest absolute Gasteiger partial charge is 0.325 e. The lowest BCUT2D eigenvalue weighted by Gasteiger charge is -2.26. The van der Waals surface area contributed by atoms with E-state index in [1.165, 1.54) is 37.6 Å². The van der Waals surface area contributed by atoms with Crippen molar-refractivity contribution in [3.8, 4) is 0 Å². The van der Waals surface area contributed by atoms with Gasteiger partial charge in [-0.25, -0.2) is 4.98 Å². The molecule has 0 amide bonds. The van der Waals surface area contributed by atoms with Gasteiger partial charge in [-0.3, -0.25) is 0 Å². The summed E-state index contributed by atoms with van der Waals surface area (Å²) in [6.45, 7) is 2.37. The summed E-state index contributed by atoms with van der Waals surface area (Å²) in [5, 5.41) is 0.780. The number of rotatable bonds is 3. The van der Waals surface area contributed by atoms with E-state index >= 15 is 0 Å². The molecule has 4 heteroatoms. The van der Waals surface area contributed by atoms with Gasteiger partial charge in [0.15, 0.2) is 0 Å². The van der Waals surface area contributed by atoms with Gasteiger partial charge in [-0.2, -0.15) is 0 Å². The molecule has 2 aromatic rings. The zero-order valence-electron chi connectivity index (χ0n) is 12.5. The molecule has 0 radical (unpaired) electrons. The van der Waals surface area contributed by atoms with Crippen molar-refractivity contribution >= 4 is 34.2 Å². The van der Waals surface area contributed by atoms with E-state index in [0.29, 0.717) is 17.8 Å². The number of aryl methyl sites for hydroxylation is 1. The van der Waals surface area contributed by atoms with Crippen LogP contribution < -0.4 is 0 Å². The Balaban J connectivity index is 2.12. The maximum absolute atomic E-state index is 6.22. The number of fused-ring (bicyclic) bond motifs is 1. The van der Waals surface area contributed by atoms with Crippen molar-refractivity contribution < 1.29 is 0 Å². The highest BCUT2D eigenvalue weighted by Crippen LogP contribution is 2.36. The van der Waals surface area contributed by atoms with Gasteiger partial charge in [0.25, 0.3) is 0 Å². The average molecular weight is 325 g/mol. The van der Waals surface area contributed by atoms with E-state index in [-0.39, 0.29) is 0 Å². The van der Waals surface area contributed by atoms with E-state index in [1.807, 2.05) is 12.1 Å². The fourth-order valence-corrected chi connectivity index (χ4v) is 3.94. The first-order valence-corrected chi connectivity index (χ1v) is 8.84. The molecule has 3 rings (SSSR count). The average Bonchev–Trinajstić information content (AvgIpc) is 2.66. The van der Waals surface area contributed by atoms with Gasteiger partial charge in [-0.15, -0.1) is 11.6 Å². The molecule has 1 aliphatic carbocycles. The number of hydrogen-bond acceptors (Lipinski definition) is 1. The van der Waals surface area contributed by atoms with Crippen molar-refractivity contribution in [1.82, 2.24) is 9.55 Å². The maximum atomic E-state index is 6.22. The van der Waals surface area contributed by atoms with Crippen LogP contribution >= 0.6 is 23.2 Å². The van der Waals surface area contributed by atoms with Crippen LogP contribution in [0.5, 0.6) is 0 Å². The molecule has 0 spiro atoms. The fourth-order valence-electron chi connectivity index (χ4n) is 3.60. The van der Waals surface area contributed by atoms with Crippen molar-refractivity contribution in [2.45, 2.75) is 51.5 Å². The first-order chi connectivity index (χ1) is 10.2. The minimum atomic E-state index is 0.522. The van der Waals surface area contributed by atoms with Crippen molar-refractivity contribution in [2.75, 3.05) is 5.88 Å². The second kappa shape index (κ2) is 6.58. The molecule has 1 aromatic heterocycles. The van der Waals surface area contributed by atoms with Crippen LogP contribution in [0.4, 0.5) is 0 Å². The van der Waals surface area contributed by atoms with Gasteiger partial charge in [0.1, 0.15) is 5.82 Å². The molecule has 2 unspecified atom stereocenters. The minimum Gasteiger partial charge on any atom is -0.325 e. The van der Waals surface area contributed by atoms with Crippen molar-refractivity contribution in [3.05, 3.63) is 29.0 Å². The molecule has 0 aliphatic heterocycles. The van der Waals surface area contributed by atoms with Gasteiger partial charge in [-0.05, 0) is 37.0 Å². The summed E-state index contributed by atoms with van der Waals surface area (Å²) in [5.41, 5.74) is 2.21. The lowest BCUT2D eigenvalue weighted by molar-refractivity contribution is 0.333. The van der Waals surface area contributed by atoms with Crippen LogP contribution in [0.1, 0.15) is 50.9 Å². The third-order valence-electron chi connectivity index (χ3n) is 4.69. The Hall–Kier alpha value is -0.730. The highest BCUT2D eigenvalue weighted by molar-refractivity contribution is 6.31. The number of alkyl halides is 1. The van der Waals surface area contributed by atoms with Crippen LogP contribution in [-0.2, 0) is 6.42 Å². The van der Waals surface area contributed by atoms with Gasteiger partial charge >= 0.3 is 0 Å². The number of nitrogens with zero attached hydrogens (tertiary/aromatic N) is 2. The molecular weight excluding hydrogens is 303 g/mol. The molecule has 2 nitrogen and oxygen atoms in total. The number of benzene rings is 1. The molecule has 0 bridgehead atoms. The van der Waals surface area contributed by atoms with Gasteiger partial charge in [0.2, 0.25) is 0 Å². The van der Waals surface area contributed by atoms with Crippen LogP contribution in [0.25, 0.3) is 11.0 Å². The van der Waals surface area contributed by atoms with E-state index in [4.69, 9.17) is 28.2 Å². The Morgan fingerprint density at radius 2 is 2.05 bits per heavy atom. The second-order valence-electron chi connectivity index (χ2n) is 6.15.